The Morgan fingerprint density at radius 2 is 1.53 bits per heavy atom. The summed E-state index contributed by atoms with van der Waals surface area (Å²) in [4.78, 5) is 29.4. The molecule has 6 heteroatoms. The first kappa shape index (κ1) is 30.7. The minimum Gasteiger partial charge on any atom is -0.507 e. The first-order valence-electron chi connectivity index (χ1n) is 16.7. The number of para-hydroxylation sites is 2. The third kappa shape index (κ3) is 6.13. The van der Waals surface area contributed by atoms with Gasteiger partial charge in [0, 0.05) is 22.9 Å². The molecule has 1 aliphatic carbocycles. The first-order chi connectivity index (χ1) is 23.0. The molecule has 7 rings (SSSR count). The zero-order valence-corrected chi connectivity index (χ0v) is 26.6. The number of nitrogens with one attached hydrogen (secondary N) is 1. The second-order valence-corrected chi connectivity index (χ2v) is 12.8. The quantitative estimate of drug-likeness (QED) is 0.105. The molecule has 2 fully saturated rings. The molecule has 0 spiro atoms. The van der Waals surface area contributed by atoms with Crippen LogP contribution in [0, 0.1) is 17.8 Å². The summed E-state index contributed by atoms with van der Waals surface area (Å²) < 4.78 is 6.52. The van der Waals surface area contributed by atoms with Crippen molar-refractivity contribution in [3.05, 3.63) is 131 Å². The molecule has 47 heavy (non-hydrogen) atoms. The van der Waals surface area contributed by atoms with E-state index in [9.17, 15) is 14.7 Å². The van der Waals surface area contributed by atoms with Gasteiger partial charge in [0.05, 0.1) is 30.2 Å². The zero-order chi connectivity index (χ0) is 32.3. The minimum atomic E-state index is -0.407. The molecule has 4 aromatic carbocycles. The Balaban J connectivity index is 1.12. The van der Waals surface area contributed by atoms with Crippen LogP contribution in [-0.4, -0.2) is 29.6 Å². The molecular formula is C41H40N2O4. The molecule has 0 radical (unpaired) electrons. The maximum atomic E-state index is 14.1. The lowest BCUT2D eigenvalue weighted by Gasteiger charge is -2.32. The molecule has 238 valence electrons. The van der Waals surface area contributed by atoms with Crippen LogP contribution in [-0.2, 0) is 14.3 Å². The summed E-state index contributed by atoms with van der Waals surface area (Å²) in [5, 5.41) is 13.9. The number of fused-ring (bicyclic) bond motifs is 3. The predicted molar refractivity (Wildman–Crippen MR) is 187 cm³/mol. The number of benzene rings is 4. The molecule has 2 amide bonds. The average Bonchev–Trinajstić information content (AvgIpc) is 3.63. The van der Waals surface area contributed by atoms with E-state index < -0.39 is 5.92 Å². The van der Waals surface area contributed by atoms with Crippen LogP contribution < -0.4 is 10.2 Å². The third-order valence-corrected chi connectivity index (χ3v) is 9.83. The number of hydrogen-bond acceptors (Lipinski definition) is 5. The van der Waals surface area contributed by atoms with Crippen LogP contribution in [0.1, 0.15) is 50.2 Å². The van der Waals surface area contributed by atoms with E-state index in [4.69, 9.17) is 4.74 Å². The van der Waals surface area contributed by atoms with Gasteiger partial charge in [0.15, 0.2) is 0 Å². The number of carbonyl (C=O) groups excluding carboxylic acids is 2. The lowest BCUT2D eigenvalue weighted by atomic mass is 9.68. The van der Waals surface area contributed by atoms with Crippen molar-refractivity contribution in [2.75, 3.05) is 16.8 Å². The number of nitrogens with zero attached hydrogens (tertiary/aromatic N) is 1. The van der Waals surface area contributed by atoms with E-state index in [0.29, 0.717) is 18.7 Å². The van der Waals surface area contributed by atoms with E-state index in [1.807, 2.05) is 91.0 Å². The van der Waals surface area contributed by atoms with Crippen molar-refractivity contribution in [3.8, 4) is 5.75 Å². The number of ether oxygens (including phenoxy) is 1. The molecule has 4 atom stereocenters. The van der Waals surface area contributed by atoms with Crippen LogP contribution in [0.5, 0.6) is 5.75 Å². The van der Waals surface area contributed by atoms with Crippen molar-refractivity contribution in [3.63, 3.8) is 0 Å². The van der Waals surface area contributed by atoms with Gasteiger partial charge in [0.25, 0.3) is 0 Å². The Labute approximate surface area is 276 Å². The molecular weight excluding hydrogens is 584 g/mol. The Morgan fingerprint density at radius 3 is 2.26 bits per heavy atom. The molecule has 2 saturated heterocycles. The Morgan fingerprint density at radius 1 is 0.851 bits per heavy atom. The zero-order valence-electron chi connectivity index (χ0n) is 26.6. The van der Waals surface area contributed by atoms with Crippen molar-refractivity contribution in [2.45, 2.75) is 45.1 Å². The predicted octanol–water partition coefficient (Wildman–Crippen LogP) is 8.78. The number of hydrogen-bond donors (Lipinski definition) is 2. The van der Waals surface area contributed by atoms with Gasteiger partial charge in [0.1, 0.15) is 5.75 Å². The summed E-state index contributed by atoms with van der Waals surface area (Å²) in [6.07, 6.45) is 5.93. The number of allylic oxidation sites excluding steroid dienone is 2. The van der Waals surface area contributed by atoms with Crippen molar-refractivity contribution in [1.29, 1.82) is 0 Å². The number of imide groups is 1. The van der Waals surface area contributed by atoms with Gasteiger partial charge in [0.2, 0.25) is 11.8 Å². The number of anilines is 3. The molecule has 6 nitrogen and oxygen atoms in total. The van der Waals surface area contributed by atoms with E-state index in [2.05, 4.69) is 30.4 Å². The highest BCUT2D eigenvalue weighted by atomic mass is 16.5. The Hall–Kier alpha value is -4.94. The molecule has 2 heterocycles. The molecule has 0 saturated carbocycles. The maximum Gasteiger partial charge on any atom is 0.238 e. The average molecular weight is 625 g/mol. The molecule has 4 aromatic rings. The topological polar surface area (TPSA) is 78.9 Å². The van der Waals surface area contributed by atoms with E-state index in [-0.39, 0.29) is 35.5 Å². The largest absolute Gasteiger partial charge is 0.507 e. The van der Waals surface area contributed by atoms with Gasteiger partial charge in [-0.1, -0.05) is 85.6 Å². The molecule has 0 aromatic heterocycles. The highest BCUT2D eigenvalue weighted by Gasteiger charge is 2.57. The van der Waals surface area contributed by atoms with Gasteiger partial charge < -0.3 is 15.2 Å². The molecule has 0 bridgehead atoms. The fraction of sp³-hybridized carbons (Fsp3) is 0.268. The number of aromatic hydroxyl groups is 1. The van der Waals surface area contributed by atoms with Crippen LogP contribution >= 0.6 is 0 Å². The van der Waals surface area contributed by atoms with Gasteiger partial charge in [-0.05, 0) is 90.9 Å². The fourth-order valence-electron chi connectivity index (χ4n) is 7.68. The maximum absolute atomic E-state index is 14.1. The van der Waals surface area contributed by atoms with Crippen molar-refractivity contribution in [2.24, 2.45) is 17.8 Å². The van der Waals surface area contributed by atoms with Crippen molar-refractivity contribution >= 4 is 40.5 Å². The van der Waals surface area contributed by atoms with Gasteiger partial charge in [-0.15, -0.1) is 0 Å². The van der Waals surface area contributed by atoms with Crippen LogP contribution in [0.4, 0.5) is 17.1 Å². The van der Waals surface area contributed by atoms with Gasteiger partial charge in [-0.25, -0.2) is 0 Å². The summed E-state index contributed by atoms with van der Waals surface area (Å²) in [5.41, 5.74) is 8.02. The highest BCUT2D eigenvalue weighted by Crippen LogP contribution is 2.51. The lowest BCUT2D eigenvalue weighted by molar-refractivity contribution is -0.122. The van der Waals surface area contributed by atoms with Gasteiger partial charge >= 0.3 is 0 Å². The molecule has 2 aliphatic heterocycles. The summed E-state index contributed by atoms with van der Waals surface area (Å²) in [6.45, 7) is 2.62. The first-order valence-corrected chi connectivity index (χ1v) is 16.7. The standard InChI is InChI=1S/C41H40N2O4/c1-2-11-30-25-34-39(41(46)43(40(34)45)33-21-19-32(20-22-33)42-31-15-7-4-8-16-31)35-26-47-37(38(30)35)23-18-28(27-12-5-3-6-13-27)24-29-14-9-10-17-36(29)44/h3-10,12-17,19-22,24,34-35,37,39,42,44H,2,11,18,23,25-26H2,1H3/b28-24-/t34-,35+,37-,39-/m1/s1. The molecule has 3 aliphatic rings. The fourth-order valence-corrected chi connectivity index (χ4v) is 7.68. The Bertz CT molecular complexity index is 1810. The second kappa shape index (κ2) is 13.4. The Kier molecular flexibility index (Phi) is 8.77. The molecule has 2 N–H and O–H groups in total. The van der Waals surface area contributed by atoms with E-state index in [1.165, 1.54) is 16.0 Å². The summed E-state index contributed by atoms with van der Waals surface area (Å²) in [6, 6.07) is 35.1. The van der Waals surface area contributed by atoms with E-state index in [0.717, 1.165) is 53.8 Å². The van der Waals surface area contributed by atoms with Gasteiger partial charge in [-0.3, -0.25) is 14.5 Å². The summed E-state index contributed by atoms with van der Waals surface area (Å²) in [7, 11) is 0. The van der Waals surface area contributed by atoms with E-state index >= 15 is 0 Å². The highest BCUT2D eigenvalue weighted by molar-refractivity contribution is 6.22. The number of phenolic OH excluding ortho intramolecular Hbond substituents is 1. The third-order valence-electron chi connectivity index (χ3n) is 9.83. The number of carbonyl (C=O) groups is 2. The number of phenols is 1. The van der Waals surface area contributed by atoms with E-state index in [1.54, 1.807) is 6.07 Å². The van der Waals surface area contributed by atoms with Crippen LogP contribution in [0.2, 0.25) is 0 Å². The SMILES string of the molecule is CCCC1=C2[C@@H](CC/C(=C/c3ccccc3O)c3ccccc3)OC[C@@H]2[C@@H]2C(=O)N(c3ccc(Nc4ccccc4)cc3)C(=O)[C@@H]2C1. The monoisotopic (exact) mass is 624 g/mol. The lowest BCUT2D eigenvalue weighted by Crippen LogP contribution is -2.34. The van der Waals surface area contributed by atoms with Crippen molar-refractivity contribution in [1.82, 2.24) is 0 Å². The normalized spacial score (nSPS) is 22.4. The number of amides is 2. The van der Waals surface area contributed by atoms with Crippen molar-refractivity contribution < 1.29 is 19.4 Å². The van der Waals surface area contributed by atoms with Gasteiger partial charge in [-0.2, -0.15) is 0 Å². The van der Waals surface area contributed by atoms with Crippen LogP contribution in [0.15, 0.2) is 120 Å². The summed E-state index contributed by atoms with van der Waals surface area (Å²) in [5.74, 6) is -0.824. The van der Waals surface area contributed by atoms with Crippen LogP contribution in [0.3, 0.4) is 0 Å². The summed E-state index contributed by atoms with van der Waals surface area (Å²) >= 11 is 0. The number of rotatable bonds is 10. The molecule has 0 unspecified atom stereocenters. The van der Waals surface area contributed by atoms with Crippen LogP contribution in [0.25, 0.3) is 11.6 Å². The minimum absolute atomic E-state index is 0.0944. The smallest absolute Gasteiger partial charge is 0.238 e. The second-order valence-electron chi connectivity index (χ2n) is 12.8.